The van der Waals surface area contributed by atoms with Gasteiger partial charge in [-0.2, -0.15) is 0 Å². The molecule has 0 radical (unpaired) electrons. The van der Waals surface area contributed by atoms with Gasteiger partial charge >= 0.3 is 0 Å². The maximum atomic E-state index is 13.9. The van der Waals surface area contributed by atoms with Crippen LogP contribution in [0.2, 0.25) is 0 Å². The molecule has 1 unspecified atom stereocenters. The van der Waals surface area contributed by atoms with Crippen LogP contribution in [0.15, 0.2) is 96.6 Å². The summed E-state index contributed by atoms with van der Waals surface area (Å²) < 4.78 is 9.44. The van der Waals surface area contributed by atoms with Crippen LogP contribution >= 0.6 is 34.8 Å². The van der Waals surface area contributed by atoms with Crippen LogP contribution in [0.5, 0.6) is 5.75 Å². The molecule has 44 heavy (non-hydrogen) atoms. The van der Waals surface area contributed by atoms with E-state index in [2.05, 4.69) is 10.2 Å². The predicted octanol–water partition coefficient (Wildman–Crippen LogP) is 6.23. The van der Waals surface area contributed by atoms with E-state index in [9.17, 15) is 9.59 Å². The van der Waals surface area contributed by atoms with Crippen molar-refractivity contribution in [2.45, 2.75) is 28.6 Å². The largest absolute Gasteiger partial charge is 0.492 e. The van der Waals surface area contributed by atoms with Crippen LogP contribution in [0.1, 0.15) is 28.8 Å². The van der Waals surface area contributed by atoms with Gasteiger partial charge in [0.15, 0.2) is 0 Å². The number of amides is 2. The van der Waals surface area contributed by atoms with Crippen LogP contribution < -0.4 is 15.0 Å². The molecule has 0 spiro atoms. The Labute approximate surface area is 273 Å². The van der Waals surface area contributed by atoms with E-state index in [-0.39, 0.29) is 5.91 Å². The van der Waals surface area contributed by atoms with Crippen LogP contribution in [-0.2, 0) is 16.0 Å². The molecule has 5 rings (SSSR count). The lowest BCUT2D eigenvalue weighted by Gasteiger charge is -2.30. The summed E-state index contributed by atoms with van der Waals surface area (Å²) in [6.07, 6.45) is 3.80. The third-order valence-electron chi connectivity index (χ3n) is 7.89. The molecule has 10 heteroatoms. The number of anilines is 1. The normalized spacial score (nSPS) is 18.8. The number of morpholine rings is 1. The third-order valence-corrected chi connectivity index (χ3v) is 8.41. The van der Waals surface area contributed by atoms with Gasteiger partial charge in [0.1, 0.15) is 12.4 Å². The molecule has 3 aromatic carbocycles. The number of benzene rings is 3. The lowest BCUT2D eigenvalue weighted by Crippen LogP contribution is -2.51. The fraction of sp³-hybridized carbons (Fsp3) is 0.353. The molecule has 0 aromatic heterocycles. The van der Waals surface area contributed by atoms with E-state index < -0.39 is 15.2 Å². The van der Waals surface area contributed by atoms with Crippen LogP contribution in [0.3, 0.4) is 0 Å². The molecular formula is C34H36Cl3N3O4. The van der Waals surface area contributed by atoms with Gasteiger partial charge in [0.25, 0.3) is 15.6 Å². The summed E-state index contributed by atoms with van der Waals surface area (Å²) in [6, 6.07) is 26.7. The Balaban J connectivity index is 1.40. The van der Waals surface area contributed by atoms with Gasteiger partial charge in [-0.1, -0.05) is 101 Å². The highest BCUT2D eigenvalue weighted by Crippen LogP contribution is 2.36. The second-order valence-electron chi connectivity index (χ2n) is 11.1. The van der Waals surface area contributed by atoms with Gasteiger partial charge in [0.05, 0.1) is 18.8 Å². The molecule has 7 nitrogen and oxygen atoms in total. The number of ether oxygens (including phenoxy) is 2. The first kappa shape index (κ1) is 32.3. The molecule has 1 atom stereocenters. The maximum absolute atomic E-state index is 13.9. The van der Waals surface area contributed by atoms with E-state index in [4.69, 9.17) is 44.3 Å². The first-order chi connectivity index (χ1) is 21.2. The molecule has 1 saturated heterocycles. The van der Waals surface area contributed by atoms with Crippen LogP contribution in [0, 0.1) is 0 Å². The predicted molar refractivity (Wildman–Crippen MR) is 176 cm³/mol. The minimum atomic E-state index is -2.10. The summed E-state index contributed by atoms with van der Waals surface area (Å²) in [5, 5.41) is 3.00. The summed E-state index contributed by atoms with van der Waals surface area (Å²) in [5.41, 5.74) is 2.55. The van der Waals surface area contributed by atoms with Crippen molar-refractivity contribution in [1.82, 2.24) is 10.2 Å². The molecule has 1 N–H and O–H groups in total. The molecule has 2 aliphatic rings. The molecule has 0 saturated carbocycles. The summed E-state index contributed by atoms with van der Waals surface area (Å²) in [5.74, 6) is -0.131. The van der Waals surface area contributed by atoms with Gasteiger partial charge in [-0.15, -0.1) is 0 Å². The lowest BCUT2D eigenvalue weighted by atomic mass is 9.90. The van der Waals surface area contributed by atoms with Crippen molar-refractivity contribution in [2.75, 3.05) is 50.9 Å². The van der Waals surface area contributed by atoms with E-state index in [1.807, 2.05) is 91.0 Å². The SMILES string of the molecule is O=C(c1ccccc1)N(CC1=CC(Cc2ccccc2)(NC(=O)C(Cl)(Cl)Cl)CC1)c1cccc(OCCN2CCOCC2)c1. The average molecular weight is 657 g/mol. The zero-order valence-corrected chi connectivity index (χ0v) is 26.7. The Morgan fingerprint density at radius 1 is 0.955 bits per heavy atom. The van der Waals surface area contributed by atoms with Crippen molar-refractivity contribution in [1.29, 1.82) is 0 Å². The molecule has 1 aliphatic carbocycles. The number of hydrogen-bond donors (Lipinski definition) is 1. The van der Waals surface area contributed by atoms with Gasteiger partial charge in [-0.05, 0) is 49.1 Å². The van der Waals surface area contributed by atoms with Crippen molar-refractivity contribution < 1.29 is 19.1 Å². The Bertz CT molecular complexity index is 1440. The highest BCUT2D eigenvalue weighted by Gasteiger charge is 2.41. The third kappa shape index (κ3) is 8.77. The fourth-order valence-electron chi connectivity index (χ4n) is 5.66. The topological polar surface area (TPSA) is 71.1 Å². The van der Waals surface area contributed by atoms with Gasteiger partial charge < -0.3 is 19.7 Å². The lowest BCUT2D eigenvalue weighted by molar-refractivity contribution is -0.121. The van der Waals surface area contributed by atoms with Crippen LogP contribution in [-0.4, -0.2) is 72.0 Å². The molecule has 232 valence electrons. The molecular weight excluding hydrogens is 621 g/mol. The second-order valence-corrected chi connectivity index (χ2v) is 13.4. The smallest absolute Gasteiger partial charge is 0.272 e. The first-order valence-electron chi connectivity index (χ1n) is 14.7. The molecule has 1 fully saturated rings. The zero-order valence-electron chi connectivity index (χ0n) is 24.4. The van der Waals surface area contributed by atoms with Crippen LogP contribution in [0.4, 0.5) is 5.69 Å². The number of nitrogens with one attached hydrogen (secondary N) is 1. The number of nitrogens with zero attached hydrogens (tertiary/aromatic N) is 2. The summed E-state index contributed by atoms with van der Waals surface area (Å²) in [6.45, 7) is 4.93. The number of carbonyl (C=O) groups is 2. The summed E-state index contributed by atoms with van der Waals surface area (Å²) >= 11 is 17.9. The van der Waals surface area contributed by atoms with Gasteiger partial charge in [0, 0.05) is 43.5 Å². The van der Waals surface area contributed by atoms with Gasteiger partial charge in [-0.3, -0.25) is 14.5 Å². The number of rotatable bonds is 11. The van der Waals surface area contributed by atoms with E-state index in [0.29, 0.717) is 43.7 Å². The monoisotopic (exact) mass is 655 g/mol. The Morgan fingerprint density at radius 3 is 2.36 bits per heavy atom. The second kappa shape index (κ2) is 14.8. The Hall–Kier alpha value is -3.07. The molecule has 2 amide bonds. The van der Waals surface area contributed by atoms with Crippen molar-refractivity contribution in [3.05, 3.63) is 108 Å². The van der Waals surface area contributed by atoms with E-state index in [0.717, 1.165) is 49.7 Å². The molecule has 1 heterocycles. The molecule has 1 aliphatic heterocycles. The number of halogens is 3. The first-order valence-corrected chi connectivity index (χ1v) is 15.9. The minimum Gasteiger partial charge on any atom is -0.492 e. The maximum Gasteiger partial charge on any atom is 0.272 e. The van der Waals surface area contributed by atoms with Gasteiger partial charge in [0.2, 0.25) is 0 Å². The van der Waals surface area contributed by atoms with Gasteiger partial charge in [-0.25, -0.2) is 0 Å². The quantitative estimate of drug-likeness (QED) is 0.196. The van der Waals surface area contributed by atoms with E-state index in [1.54, 1.807) is 4.90 Å². The van der Waals surface area contributed by atoms with Crippen molar-refractivity contribution in [3.8, 4) is 5.75 Å². The van der Waals surface area contributed by atoms with Crippen molar-refractivity contribution >= 4 is 52.3 Å². The zero-order chi connectivity index (χ0) is 31.0. The van der Waals surface area contributed by atoms with E-state index in [1.165, 1.54) is 0 Å². The number of alkyl halides is 3. The average Bonchev–Trinajstić information content (AvgIpc) is 3.42. The number of carbonyl (C=O) groups excluding carboxylic acids is 2. The summed E-state index contributed by atoms with van der Waals surface area (Å²) in [7, 11) is 0. The fourth-order valence-corrected chi connectivity index (χ4v) is 5.80. The van der Waals surface area contributed by atoms with E-state index >= 15 is 0 Å². The van der Waals surface area contributed by atoms with Crippen molar-refractivity contribution in [2.24, 2.45) is 0 Å². The van der Waals surface area contributed by atoms with Crippen molar-refractivity contribution in [3.63, 3.8) is 0 Å². The Kier molecular flexibility index (Phi) is 10.9. The van der Waals surface area contributed by atoms with Crippen LogP contribution in [0.25, 0.3) is 0 Å². The highest BCUT2D eigenvalue weighted by molar-refractivity contribution is 6.76. The minimum absolute atomic E-state index is 0.136. The Morgan fingerprint density at radius 2 is 1.66 bits per heavy atom. The molecule has 3 aromatic rings. The highest BCUT2D eigenvalue weighted by atomic mass is 35.6. The summed E-state index contributed by atoms with van der Waals surface area (Å²) in [4.78, 5) is 30.9. The number of hydrogen-bond acceptors (Lipinski definition) is 5. The molecule has 0 bridgehead atoms. The standard InChI is InChI=1S/C34H36Cl3N3O4/c35-34(36,37)32(42)38-33(23-26-8-3-1-4-9-26)15-14-27(24-33)25-40(31(41)28-10-5-2-6-11-28)29-12-7-13-30(22-29)44-21-18-39-16-19-43-20-17-39/h1-13,22,24H,14-21,23,25H2,(H,38,42).